The van der Waals surface area contributed by atoms with Crippen LogP contribution >= 0.6 is 12.2 Å². The second kappa shape index (κ2) is 10.6. The lowest BCUT2D eigenvalue weighted by Crippen LogP contribution is -2.47. The fraction of sp³-hybridized carbons (Fsp3) is 0.458. The molecule has 2 fully saturated rings. The van der Waals surface area contributed by atoms with Gasteiger partial charge < -0.3 is 25.3 Å². The Balaban J connectivity index is 1.53. The summed E-state index contributed by atoms with van der Waals surface area (Å²) < 4.78 is 0. The molecule has 170 valence electrons. The Labute approximate surface area is 196 Å². The van der Waals surface area contributed by atoms with E-state index in [2.05, 4.69) is 75.2 Å². The first-order chi connectivity index (χ1) is 15.6. The Bertz CT molecular complexity index is 912. The van der Waals surface area contributed by atoms with Crippen molar-refractivity contribution >= 4 is 40.6 Å². The van der Waals surface area contributed by atoms with Crippen LogP contribution in [0.1, 0.15) is 26.2 Å². The third kappa shape index (κ3) is 5.48. The van der Waals surface area contributed by atoms with Crippen LogP contribution in [0.3, 0.4) is 0 Å². The van der Waals surface area contributed by atoms with Crippen molar-refractivity contribution < 1.29 is 0 Å². The SMILES string of the molecule is C=CCNC(=S)Nc1nc(N2CCN(c3ccccc3)CC2)cc(N2CCCC[C@@H]2C)n1. The number of piperidine rings is 1. The van der Waals surface area contributed by atoms with E-state index >= 15 is 0 Å². The van der Waals surface area contributed by atoms with Crippen LogP contribution in [0.5, 0.6) is 0 Å². The summed E-state index contributed by atoms with van der Waals surface area (Å²) in [6.45, 7) is 11.4. The summed E-state index contributed by atoms with van der Waals surface area (Å²) >= 11 is 5.41. The molecule has 1 aromatic carbocycles. The Morgan fingerprint density at radius 1 is 1.06 bits per heavy atom. The summed E-state index contributed by atoms with van der Waals surface area (Å²) in [6, 6.07) is 13.2. The second-order valence-electron chi connectivity index (χ2n) is 8.38. The zero-order chi connectivity index (χ0) is 22.3. The minimum atomic E-state index is 0.472. The van der Waals surface area contributed by atoms with Crippen LogP contribution in [0, 0.1) is 0 Å². The molecular weight excluding hydrogens is 418 g/mol. The minimum absolute atomic E-state index is 0.472. The number of hydrogen-bond acceptors (Lipinski definition) is 6. The van der Waals surface area contributed by atoms with Gasteiger partial charge in [0, 0.05) is 57.1 Å². The molecule has 0 unspecified atom stereocenters. The number of benzene rings is 1. The van der Waals surface area contributed by atoms with Crippen LogP contribution in [0.25, 0.3) is 0 Å². The second-order valence-corrected chi connectivity index (χ2v) is 8.79. The minimum Gasteiger partial charge on any atom is -0.368 e. The fourth-order valence-electron chi connectivity index (χ4n) is 4.37. The third-order valence-electron chi connectivity index (χ3n) is 6.15. The third-order valence-corrected chi connectivity index (χ3v) is 6.40. The van der Waals surface area contributed by atoms with Crippen molar-refractivity contribution in [3.05, 3.63) is 49.1 Å². The molecule has 0 bridgehead atoms. The molecule has 0 spiro atoms. The van der Waals surface area contributed by atoms with Crippen molar-refractivity contribution in [2.75, 3.05) is 59.3 Å². The number of nitrogens with zero attached hydrogens (tertiary/aromatic N) is 5. The average Bonchev–Trinajstić information content (AvgIpc) is 2.83. The van der Waals surface area contributed by atoms with E-state index in [4.69, 9.17) is 22.2 Å². The predicted octanol–water partition coefficient (Wildman–Crippen LogP) is 3.65. The number of para-hydroxylation sites is 1. The zero-order valence-electron chi connectivity index (χ0n) is 18.8. The van der Waals surface area contributed by atoms with Gasteiger partial charge in [-0.3, -0.25) is 0 Å². The quantitative estimate of drug-likeness (QED) is 0.510. The number of anilines is 4. The molecule has 0 radical (unpaired) electrons. The van der Waals surface area contributed by atoms with Gasteiger partial charge in [-0.25, -0.2) is 0 Å². The fourth-order valence-corrected chi connectivity index (χ4v) is 4.54. The van der Waals surface area contributed by atoms with E-state index < -0.39 is 0 Å². The molecule has 4 rings (SSSR count). The molecular formula is C24H33N7S. The Kier molecular flexibility index (Phi) is 7.42. The van der Waals surface area contributed by atoms with Gasteiger partial charge in [0.2, 0.25) is 5.95 Å². The Morgan fingerprint density at radius 2 is 1.78 bits per heavy atom. The molecule has 2 N–H and O–H groups in total. The molecule has 0 amide bonds. The van der Waals surface area contributed by atoms with Crippen LogP contribution in [0.4, 0.5) is 23.3 Å². The molecule has 2 saturated heterocycles. The first kappa shape index (κ1) is 22.3. The molecule has 2 aliphatic heterocycles. The standard InChI is InChI=1S/C24H33N7S/c1-3-12-25-24(32)28-23-26-21(18-22(27-23)31-13-8-7-9-19(31)2)30-16-14-29(15-17-30)20-10-5-4-6-11-20/h3-6,10-11,18-19H,1,7-9,12-17H2,2H3,(H2,25,26,27,28,32)/t19-/m0/s1. The lowest BCUT2D eigenvalue weighted by Gasteiger charge is -2.38. The monoisotopic (exact) mass is 451 g/mol. The van der Waals surface area contributed by atoms with E-state index in [1.807, 2.05) is 0 Å². The first-order valence-electron chi connectivity index (χ1n) is 11.5. The smallest absolute Gasteiger partial charge is 0.232 e. The maximum atomic E-state index is 5.41. The van der Waals surface area contributed by atoms with Gasteiger partial charge >= 0.3 is 0 Å². The van der Waals surface area contributed by atoms with Gasteiger partial charge in [0.15, 0.2) is 5.11 Å². The van der Waals surface area contributed by atoms with Gasteiger partial charge in [0.1, 0.15) is 11.6 Å². The van der Waals surface area contributed by atoms with Crippen LogP contribution in [0.2, 0.25) is 0 Å². The highest BCUT2D eigenvalue weighted by atomic mass is 32.1. The number of thiocarbonyl (C=S) groups is 1. The number of rotatable bonds is 6. The van der Waals surface area contributed by atoms with Gasteiger partial charge in [-0.2, -0.15) is 9.97 Å². The van der Waals surface area contributed by atoms with Crippen molar-refractivity contribution in [1.82, 2.24) is 15.3 Å². The Hall–Kier alpha value is -2.87. The molecule has 3 heterocycles. The van der Waals surface area contributed by atoms with E-state index in [-0.39, 0.29) is 0 Å². The van der Waals surface area contributed by atoms with Crippen molar-refractivity contribution in [3.63, 3.8) is 0 Å². The summed E-state index contributed by atoms with van der Waals surface area (Å²) in [6.07, 6.45) is 5.44. The number of piperazine rings is 1. The number of nitrogens with one attached hydrogen (secondary N) is 2. The van der Waals surface area contributed by atoms with E-state index in [1.165, 1.54) is 24.9 Å². The van der Waals surface area contributed by atoms with Crippen LogP contribution in [-0.4, -0.2) is 60.4 Å². The van der Waals surface area contributed by atoms with E-state index in [0.717, 1.165) is 44.4 Å². The van der Waals surface area contributed by atoms with Gasteiger partial charge in [0.05, 0.1) is 0 Å². The van der Waals surface area contributed by atoms with Crippen molar-refractivity contribution in [3.8, 4) is 0 Å². The molecule has 0 saturated carbocycles. The van der Waals surface area contributed by atoms with Gasteiger partial charge in [-0.05, 0) is 50.5 Å². The molecule has 1 atom stereocenters. The van der Waals surface area contributed by atoms with E-state index in [1.54, 1.807) is 6.08 Å². The van der Waals surface area contributed by atoms with Crippen molar-refractivity contribution in [2.24, 2.45) is 0 Å². The molecule has 8 heteroatoms. The predicted molar refractivity (Wildman–Crippen MR) is 138 cm³/mol. The summed E-state index contributed by atoms with van der Waals surface area (Å²) in [4.78, 5) is 16.8. The highest BCUT2D eigenvalue weighted by molar-refractivity contribution is 7.80. The normalized spacial score (nSPS) is 18.9. The molecule has 1 aromatic heterocycles. The largest absolute Gasteiger partial charge is 0.368 e. The number of hydrogen-bond donors (Lipinski definition) is 2. The Morgan fingerprint density at radius 3 is 2.50 bits per heavy atom. The average molecular weight is 452 g/mol. The van der Waals surface area contributed by atoms with Crippen molar-refractivity contribution in [2.45, 2.75) is 32.2 Å². The van der Waals surface area contributed by atoms with Gasteiger partial charge in [0.25, 0.3) is 0 Å². The van der Waals surface area contributed by atoms with Gasteiger partial charge in [-0.15, -0.1) is 6.58 Å². The molecule has 7 nitrogen and oxygen atoms in total. The maximum Gasteiger partial charge on any atom is 0.232 e. The summed E-state index contributed by atoms with van der Waals surface area (Å²) in [5.74, 6) is 2.47. The van der Waals surface area contributed by atoms with E-state index in [9.17, 15) is 0 Å². The first-order valence-corrected chi connectivity index (χ1v) is 11.9. The molecule has 2 aromatic rings. The molecule has 2 aliphatic rings. The van der Waals surface area contributed by atoms with Crippen LogP contribution < -0.4 is 25.3 Å². The maximum absolute atomic E-state index is 5.41. The van der Waals surface area contributed by atoms with Crippen molar-refractivity contribution in [1.29, 1.82) is 0 Å². The highest BCUT2D eigenvalue weighted by Crippen LogP contribution is 2.28. The highest BCUT2D eigenvalue weighted by Gasteiger charge is 2.24. The molecule has 32 heavy (non-hydrogen) atoms. The van der Waals surface area contributed by atoms with E-state index in [0.29, 0.717) is 23.6 Å². The lowest BCUT2D eigenvalue weighted by molar-refractivity contribution is 0.481. The van der Waals surface area contributed by atoms with Gasteiger partial charge in [-0.1, -0.05) is 24.3 Å². The molecule has 0 aliphatic carbocycles. The topological polar surface area (TPSA) is 59.6 Å². The summed E-state index contributed by atoms with van der Waals surface area (Å²) in [7, 11) is 0. The van der Waals surface area contributed by atoms with Crippen LogP contribution in [-0.2, 0) is 0 Å². The number of aromatic nitrogens is 2. The zero-order valence-corrected chi connectivity index (χ0v) is 19.7. The lowest BCUT2D eigenvalue weighted by atomic mass is 10.0. The van der Waals surface area contributed by atoms with Crippen LogP contribution in [0.15, 0.2) is 49.1 Å². The summed E-state index contributed by atoms with van der Waals surface area (Å²) in [5, 5.41) is 6.78. The summed E-state index contributed by atoms with van der Waals surface area (Å²) in [5.41, 5.74) is 1.28.